The molecule has 0 saturated heterocycles. The Morgan fingerprint density at radius 3 is 2.57 bits per heavy atom. The van der Waals surface area contributed by atoms with Crippen molar-refractivity contribution in [2.45, 2.75) is 0 Å². The zero-order chi connectivity index (χ0) is 14.8. The van der Waals surface area contributed by atoms with Crippen LogP contribution in [0.1, 0.15) is 5.56 Å². The molecule has 1 heterocycles. The Bertz CT molecular complexity index is 834. The highest BCUT2D eigenvalue weighted by Crippen LogP contribution is 2.28. The molecule has 0 bridgehead atoms. The zero-order valence-electron chi connectivity index (χ0n) is 10.8. The van der Waals surface area contributed by atoms with Crippen LogP contribution in [0.2, 0.25) is 5.15 Å². The van der Waals surface area contributed by atoms with Crippen LogP contribution in [0.3, 0.4) is 0 Å². The summed E-state index contributed by atoms with van der Waals surface area (Å²) in [7, 11) is 0. The summed E-state index contributed by atoms with van der Waals surface area (Å²) in [5.74, 6) is 0. The Balaban J connectivity index is 2.26. The molecule has 3 nitrogen and oxygen atoms in total. The standard InChI is InChI=1S/C16H9BrClN3/c17-13-7-6-12(10-19)14(8-13)21-15(9-16(18)20-21)11-4-2-1-3-5-11/h1-9H. The summed E-state index contributed by atoms with van der Waals surface area (Å²) in [6, 6.07) is 19.2. The molecule has 0 aliphatic heterocycles. The quantitative estimate of drug-likeness (QED) is 0.658. The molecule has 0 unspecified atom stereocenters. The Morgan fingerprint density at radius 2 is 1.86 bits per heavy atom. The van der Waals surface area contributed by atoms with Crippen LogP contribution in [0.4, 0.5) is 0 Å². The number of nitrogens with zero attached hydrogens (tertiary/aromatic N) is 3. The molecule has 0 amide bonds. The summed E-state index contributed by atoms with van der Waals surface area (Å²) in [4.78, 5) is 0. The van der Waals surface area contributed by atoms with Gasteiger partial charge in [-0.05, 0) is 18.2 Å². The van der Waals surface area contributed by atoms with Gasteiger partial charge in [0.1, 0.15) is 6.07 Å². The van der Waals surface area contributed by atoms with E-state index in [0.717, 1.165) is 15.7 Å². The fourth-order valence-corrected chi connectivity index (χ4v) is 2.65. The van der Waals surface area contributed by atoms with E-state index in [1.165, 1.54) is 0 Å². The maximum atomic E-state index is 9.30. The normalized spacial score (nSPS) is 10.3. The van der Waals surface area contributed by atoms with Crippen molar-refractivity contribution in [2.24, 2.45) is 0 Å². The average molecular weight is 359 g/mol. The van der Waals surface area contributed by atoms with E-state index in [2.05, 4.69) is 27.1 Å². The van der Waals surface area contributed by atoms with Crippen molar-refractivity contribution >= 4 is 27.5 Å². The van der Waals surface area contributed by atoms with Crippen LogP contribution in [0.25, 0.3) is 16.9 Å². The first-order valence-electron chi connectivity index (χ1n) is 6.20. The van der Waals surface area contributed by atoms with Gasteiger partial charge >= 0.3 is 0 Å². The Labute approximate surface area is 135 Å². The fourth-order valence-electron chi connectivity index (χ4n) is 2.12. The number of halogens is 2. The summed E-state index contributed by atoms with van der Waals surface area (Å²) >= 11 is 9.50. The molecular formula is C16H9BrClN3. The first-order chi connectivity index (χ1) is 10.2. The van der Waals surface area contributed by atoms with Crippen molar-refractivity contribution in [1.82, 2.24) is 9.78 Å². The Morgan fingerprint density at radius 1 is 1.10 bits per heavy atom. The van der Waals surface area contributed by atoms with Gasteiger partial charge in [0.15, 0.2) is 5.15 Å². The van der Waals surface area contributed by atoms with Crippen LogP contribution in [0, 0.1) is 11.3 Å². The summed E-state index contributed by atoms with van der Waals surface area (Å²) in [5.41, 5.74) is 3.06. The lowest BCUT2D eigenvalue weighted by Gasteiger charge is -2.09. The topological polar surface area (TPSA) is 41.6 Å². The van der Waals surface area contributed by atoms with E-state index in [1.807, 2.05) is 42.5 Å². The first kappa shape index (κ1) is 13.9. The third-order valence-electron chi connectivity index (χ3n) is 3.06. The third kappa shape index (κ3) is 2.71. The molecule has 3 rings (SSSR count). The summed E-state index contributed by atoms with van der Waals surface area (Å²) in [6.45, 7) is 0. The van der Waals surface area contributed by atoms with Crippen LogP contribution < -0.4 is 0 Å². The minimum absolute atomic E-state index is 0.387. The number of aromatic nitrogens is 2. The van der Waals surface area contributed by atoms with Crippen LogP contribution in [-0.4, -0.2) is 9.78 Å². The van der Waals surface area contributed by atoms with Crippen molar-refractivity contribution in [1.29, 1.82) is 5.26 Å². The smallest absolute Gasteiger partial charge is 0.152 e. The van der Waals surface area contributed by atoms with Crippen LogP contribution >= 0.6 is 27.5 Å². The highest BCUT2D eigenvalue weighted by molar-refractivity contribution is 9.10. The molecule has 0 aliphatic rings. The molecule has 102 valence electrons. The van der Waals surface area contributed by atoms with Gasteiger partial charge in [0, 0.05) is 16.1 Å². The average Bonchev–Trinajstić information content (AvgIpc) is 2.90. The predicted octanol–water partition coefficient (Wildman–Crippen LogP) is 4.83. The second-order valence-electron chi connectivity index (χ2n) is 4.40. The molecule has 5 heteroatoms. The summed E-state index contributed by atoms with van der Waals surface area (Å²) in [6.07, 6.45) is 0. The fraction of sp³-hybridized carbons (Fsp3) is 0. The van der Waals surface area contributed by atoms with Crippen molar-refractivity contribution in [3.05, 3.63) is 69.8 Å². The van der Waals surface area contributed by atoms with Gasteiger partial charge in [0.05, 0.1) is 16.9 Å². The van der Waals surface area contributed by atoms with Gasteiger partial charge in [0.2, 0.25) is 0 Å². The van der Waals surface area contributed by atoms with Crippen molar-refractivity contribution in [2.75, 3.05) is 0 Å². The molecule has 21 heavy (non-hydrogen) atoms. The molecule has 0 spiro atoms. The number of rotatable bonds is 2. The Hall–Kier alpha value is -2.09. The SMILES string of the molecule is N#Cc1ccc(Br)cc1-n1nc(Cl)cc1-c1ccccc1. The van der Waals surface area contributed by atoms with Crippen LogP contribution in [0.15, 0.2) is 59.1 Å². The van der Waals surface area contributed by atoms with E-state index in [-0.39, 0.29) is 0 Å². The van der Waals surface area contributed by atoms with Gasteiger partial charge in [-0.2, -0.15) is 10.4 Å². The second kappa shape index (κ2) is 5.72. The molecule has 0 aliphatic carbocycles. The second-order valence-corrected chi connectivity index (χ2v) is 5.71. The van der Waals surface area contributed by atoms with Gasteiger partial charge in [-0.25, -0.2) is 4.68 Å². The number of nitriles is 1. The maximum Gasteiger partial charge on any atom is 0.152 e. The van der Waals surface area contributed by atoms with E-state index < -0.39 is 0 Å². The van der Waals surface area contributed by atoms with E-state index in [4.69, 9.17) is 11.6 Å². The van der Waals surface area contributed by atoms with Gasteiger partial charge in [-0.15, -0.1) is 0 Å². The molecule has 3 aromatic rings. The minimum atomic E-state index is 0.387. The molecular weight excluding hydrogens is 350 g/mol. The first-order valence-corrected chi connectivity index (χ1v) is 7.37. The number of benzene rings is 2. The van der Waals surface area contributed by atoms with Crippen molar-refractivity contribution in [3.8, 4) is 23.0 Å². The van der Waals surface area contributed by atoms with Gasteiger partial charge in [0.25, 0.3) is 0 Å². The minimum Gasteiger partial charge on any atom is -0.230 e. The number of hydrogen-bond acceptors (Lipinski definition) is 2. The van der Waals surface area contributed by atoms with Gasteiger partial charge < -0.3 is 0 Å². The van der Waals surface area contributed by atoms with E-state index in [1.54, 1.807) is 16.8 Å². The van der Waals surface area contributed by atoms with Crippen molar-refractivity contribution < 1.29 is 0 Å². The molecule has 1 aromatic heterocycles. The maximum absolute atomic E-state index is 9.30. The third-order valence-corrected chi connectivity index (χ3v) is 3.74. The lowest BCUT2D eigenvalue weighted by atomic mass is 10.1. The molecule has 0 N–H and O–H groups in total. The predicted molar refractivity (Wildman–Crippen MR) is 86.4 cm³/mol. The van der Waals surface area contributed by atoms with Crippen molar-refractivity contribution in [3.63, 3.8) is 0 Å². The number of hydrogen-bond donors (Lipinski definition) is 0. The zero-order valence-corrected chi connectivity index (χ0v) is 13.1. The largest absolute Gasteiger partial charge is 0.230 e. The van der Waals surface area contributed by atoms with Crippen LogP contribution in [0.5, 0.6) is 0 Å². The van der Waals surface area contributed by atoms with E-state index in [0.29, 0.717) is 16.4 Å². The molecule has 0 radical (unpaired) electrons. The highest BCUT2D eigenvalue weighted by atomic mass is 79.9. The summed E-state index contributed by atoms with van der Waals surface area (Å²) in [5, 5.41) is 14.0. The summed E-state index contributed by atoms with van der Waals surface area (Å²) < 4.78 is 2.57. The lowest BCUT2D eigenvalue weighted by Crippen LogP contribution is -2.01. The van der Waals surface area contributed by atoms with E-state index >= 15 is 0 Å². The van der Waals surface area contributed by atoms with Gasteiger partial charge in [-0.3, -0.25) is 0 Å². The molecule has 0 atom stereocenters. The van der Waals surface area contributed by atoms with Crippen LogP contribution in [-0.2, 0) is 0 Å². The van der Waals surface area contributed by atoms with Gasteiger partial charge in [-0.1, -0.05) is 57.9 Å². The molecule has 0 fully saturated rings. The molecule has 0 saturated carbocycles. The molecule has 2 aromatic carbocycles. The monoisotopic (exact) mass is 357 g/mol. The Kier molecular flexibility index (Phi) is 3.78. The van der Waals surface area contributed by atoms with E-state index in [9.17, 15) is 5.26 Å². The lowest BCUT2D eigenvalue weighted by molar-refractivity contribution is 0.884. The highest BCUT2D eigenvalue weighted by Gasteiger charge is 2.14.